The monoisotopic (exact) mass is 166 g/mol. The van der Waals surface area contributed by atoms with Gasteiger partial charge in [-0.15, -0.1) is 0 Å². The molecule has 0 unspecified atom stereocenters. The highest BCUT2D eigenvalue weighted by Crippen LogP contribution is 2.20. The predicted molar refractivity (Wildman–Crippen MR) is 49.9 cm³/mol. The molecule has 0 aliphatic heterocycles. The van der Waals surface area contributed by atoms with Crippen LogP contribution in [0, 0.1) is 5.82 Å². The SMILES string of the molecule is CCc1ccc(F)cc1C(C)C. The molecule has 0 aliphatic rings. The van der Waals surface area contributed by atoms with Gasteiger partial charge in [0, 0.05) is 0 Å². The first kappa shape index (κ1) is 9.24. The quantitative estimate of drug-likeness (QED) is 0.630. The average molecular weight is 166 g/mol. The maximum absolute atomic E-state index is 12.8. The van der Waals surface area contributed by atoms with Gasteiger partial charge in [0.05, 0.1) is 0 Å². The summed E-state index contributed by atoms with van der Waals surface area (Å²) in [5.74, 6) is 0.284. The summed E-state index contributed by atoms with van der Waals surface area (Å²) < 4.78 is 12.8. The lowest BCUT2D eigenvalue weighted by Gasteiger charge is -2.10. The summed E-state index contributed by atoms with van der Waals surface area (Å²) in [6.07, 6.45) is 0.980. The number of rotatable bonds is 2. The van der Waals surface area contributed by atoms with Gasteiger partial charge in [0.2, 0.25) is 0 Å². The molecular weight excluding hydrogens is 151 g/mol. The third-order valence-corrected chi connectivity index (χ3v) is 2.11. The van der Waals surface area contributed by atoms with Crippen LogP contribution in [0.25, 0.3) is 0 Å². The lowest BCUT2D eigenvalue weighted by Crippen LogP contribution is -1.95. The Morgan fingerprint density at radius 3 is 2.50 bits per heavy atom. The van der Waals surface area contributed by atoms with Crippen LogP contribution in [0.3, 0.4) is 0 Å². The zero-order chi connectivity index (χ0) is 9.14. The third-order valence-electron chi connectivity index (χ3n) is 2.11. The summed E-state index contributed by atoms with van der Waals surface area (Å²) in [7, 11) is 0. The summed E-state index contributed by atoms with van der Waals surface area (Å²) in [4.78, 5) is 0. The molecule has 0 heterocycles. The van der Waals surface area contributed by atoms with Crippen LogP contribution in [-0.4, -0.2) is 0 Å². The molecule has 1 aromatic rings. The molecule has 1 aromatic carbocycles. The van der Waals surface area contributed by atoms with Crippen LogP contribution in [0.1, 0.15) is 37.8 Å². The van der Waals surface area contributed by atoms with Gasteiger partial charge in [0.1, 0.15) is 5.82 Å². The second-order valence-corrected chi connectivity index (χ2v) is 3.35. The fraction of sp³-hybridized carbons (Fsp3) is 0.455. The zero-order valence-electron chi connectivity index (χ0n) is 7.89. The van der Waals surface area contributed by atoms with Crippen LogP contribution >= 0.6 is 0 Å². The van der Waals surface area contributed by atoms with Crippen LogP contribution in [-0.2, 0) is 6.42 Å². The Kier molecular flexibility index (Phi) is 2.85. The first-order valence-electron chi connectivity index (χ1n) is 4.43. The van der Waals surface area contributed by atoms with Crippen molar-refractivity contribution in [2.24, 2.45) is 0 Å². The fourth-order valence-corrected chi connectivity index (χ4v) is 1.43. The van der Waals surface area contributed by atoms with Crippen molar-refractivity contribution < 1.29 is 4.39 Å². The van der Waals surface area contributed by atoms with Crippen molar-refractivity contribution in [2.45, 2.75) is 33.1 Å². The zero-order valence-corrected chi connectivity index (χ0v) is 7.89. The Labute approximate surface area is 73.4 Å². The molecule has 0 spiro atoms. The Bertz CT molecular complexity index is 264. The number of aryl methyl sites for hydroxylation is 1. The number of benzene rings is 1. The molecule has 0 radical (unpaired) electrons. The molecular formula is C11H15F. The predicted octanol–water partition coefficient (Wildman–Crippen LogP) is 3.51. The lowest BCUT2D eigenvalue weighted by atomic mass is 9.96. The summed E-state index contributed by atoms with van der Waals surface area (Å²) in [5.41, 5.74) is 2.39. The summed E-state index contributed by atoms with van der Waals surface area (Å²) >= 11 is 0. The first-order chi connectivity index (χ1) is 5.65. The van der Waals surface area contributed by atoms with Crippen LogP contribution in [0.15, 0.2) is 18.2 Å². The molecule has 0 saturated heterocycles. The molecule has 1 rings (SSSR count). The van der Waals surface area contributed by atoms with Crippen LogP contribution in [0.2, 0.25) is 0 Å². The normalized spacial score (nSPS) is 10.8. The van der Waals surface area contributed by atoms with Crippen LogP contribution in [0.5, 0.6) is 0 Å². The Morgan fingerprint density at radius 2 is 2.00 bits per heavy atom. The standard InChI is InChI=1S/C11H15F/c1-4-9-5-6-10(12)7-11(9)8(2)3/h5-8H,4H2,1-3H3. The lowest BCUT2D eigenvalue weighted by molar-refractivity contribution is 0.621. The highest BCUT2D eigenvalue weighted by molar-refractivity contribution is 5.30. The van der Waals surface area contributed by atoms with Gasteiger partial charge >= 0.3 is 0 Å². The second kappa shape index (κ2) is 3.70. The minimum Gasteiger partial charge on any atom is -0.207 e. The van der Waals surface area contributed by atoms with Crippen molar-refractivity contribution >= 4 is 0 Å². The van der Waals surface area contributed by atoms with E-state index in [1.807, 2.05) is 6.07 Å². The van der Waals surface area contributed by atoms with E-state index in [1.54, 1.807) is 6.07 Å². The van der Waals surface area contributed by atoms with Crippen LogP contribution in [0.4, 0.5) is 4.39 Å². The van der Waals surface area contributed by atoms with Crippen molar-refractivity contribution in [3.05, 3.63) is 35.1 Å². The largest absolute Gasteiger partial charge is 0.207 e. The molecule has 1 heteroatoms. The summed E-state index contributed by atoms with van der Waals surface area (Å²) in [6.45, 7) is 6.28. The molecule has 12 heavy (non-hydrogen) atoms. The molecule has 0 saturated carbocycles. The van der Waals surface area contributed by atoms with Gasteiger partial charge in [-0.25, -0.2) is 4.39 Å². The van der Waals surface area contributed by atoms with E-state index >= 15 is 0 Å². The summed E-state index contributed by atoms with van der Waals surface area (Å²) in [5, 5.41) is 0. The van der Waals surface area contributed by atoms with E-state index in [0.29, 0.717) is 5.92 Å². The topological polar surface area (TPSA) is 0 Å². The molecule has 0 nitrogen and oxygen atoms in total. The maximum Gasteiger partial charge on any atom is 0.123 e. The van der Waals surface area contributed by atoms with Crippen molar-refractivity contribution in [3.63, 3.8) is 0 Å². The van der Waals surface area contributed by atoms with Gasteiger partial charge in [-0.3, -0.25) is 0 Å². The highest BCUT2D eigenvalue weighted by Gasteiger charge is 2.05. The van der Waals surface area contributed by atoms with Gasteiger partial charge in [-0.2, -0.15) is 0 Å². The van der Waals surface area contributed by atoms with Gasteiger partial charge in [0.15, 0.2) is 0 Å². The molecule has 0 fully saturated rings. The third kappa shape index (κ3) is 1.84. The minimum atomic E-state index is -0.129. The molecule has 66 valence electrons. The smallest absolute Gasteiger partial charge is 0.123 e. The molecule has 0 aliphatic carbocycles. The van der Waals surface area contributed by atoms with E-state index in [1.165, 1.54) is 11.6 Å². The van der Waals surface area contributed by atoms with E-state index in [2.05, 4.69) is 20.8 Å². The molecule has 0 bridgehead atoms. The Balaban J connectivity index is 3.12. The second-order valence-electron chi connectivity index (χ2n) is 3.35. The van der Waals surface area contributed by atoms with E-state index in [4.69, 9.17) is 0 Å². The summed E-state index contributed by atoms with van der Waals surface area (Å²) in [6, 6.07) is 5.05. The number of hydrogen-bond donors (Lipinski definition) is 0. The van der Waals surface area contributed by atoms with Gasteiger partial charge in [-0.1, -0.05) is 26.8 Å². The van der Waals surface area contributed by atoms with E-state index in [9.17, 15) is 4.39 Å². The minimum absolute atomic E-state index is 0.129. The molecule has 0 atom stereocenters. The van der Waals surface area contributed by atoms with E-state index in [-0.39, 0.29) is 5.82 Å². The van der Waals surface area contributed by atoms with Crippen molar-refractivity contribution in [3.8, 4) is 0 Å². The van der Waals surface area contributed by atoms with Crippen molar-refractivity contribution in [1.82, 2.24) is 0 Å². The Morgan fingerprint density at radius 1 is 1.33 bits per heavy atom. The van der Waals surface area contributed by atoms with Crippen LogP contribution < -0.4 is 0 Å². The van der Waals surface area contributed by atoms with Crippen molar-refractivity contribution in [2.75, 3.05) is 0 Å². The highest BCUT2D eigenvalue weighted by atomic mass is 19.1. The maximum atomic E-state index is 12.8. The van der Waals surface area contributed by atoms with Gasteiger partial charge in [-0.05, 0) is 35.6 Å². The molecule has 0 N–H and O–H groups in total. The van der Waals surface area contributed by atoms with E-state index in [0.717, 1.165) is 12.0 Å². The first-order valence-corrected chi connectivity index (χ1v) is 4.43. The van der Waals surface area contributed by atoms with Crippen molar-refractivity contribution in [1.29, 1.82) is 0 Å². The van der Waals surface area contributed by atoms with Gasteiger partial charge < -0.3 is 0 Å². The molecule has 0 amide bonds. The van der Waals surface area contributed by atoms with Gasteiger partial charge in [0.25, 0.3) is 0 Å². The Hall–Kier alpha value is -0.850. The fourth-order valence-electron chi connectivity index (χ4n) is 1.43. The molecule has 0 aromatic heterocycles. The average Bonchev–Trinajstić information content (AvgIpc) is 2.04. The van der Waals surface area contributed by atoms with E-state index < -0.39 is 0 Å². The number of hydrogen-bond acceptors (Lipinski definition) is 0. The number of halogens is 1.